The number of carbonyl (C=O) groups excluding carboxylic acids is 1. The number of anilines is 1. The molecule has 1 fully saturated rings. The quantitative estimate of drug-likeness (QED) is 0.309. The Balaban J connectivity index is 1.43. The predicted molar refractivity (Wildman–Crippen MR) is 149 cm³/mol. The Kier molecular flexibility index (Phi) is 8.55. The highest BCUT2D eigenvalue weighted by Gasteiger charge is 2.40. The predicted octanol–water partition coefficient (Wildman–Crippen LogP) is 2.39. The molecular formula is C26H29ClN4O7S2. The Bertz CT molecular complexity index is 1520. The van der Waals surface area contributed by atoms with Crippen molar-refractivity contribution >= 4 is 44.8 Å². The molecule has 0 bridgehead atoms. The van der Waals surface area contributed by atoms with Crippen LogP contribution in [0.2, 0.25) is 5.02 Å². The maximum absolute atomic E-state index is 13.8. The van der Waals surface area contributed by atoms with E-state index in [0.29, 0.717) is 32.8 Å². The number of ether oxygens (including phenoxy) is 1. The number of nitrogens with one attached hydrogen (secondary N) is 1. The molecule has 1 aliphatic carbocycles. The van der Waals surface area contributed by atoms with Gasteiger partial charge in [0, 0.05) is 41.8 Å². The van der Waals surface area contributed by atoms with Gasteiger partial charge in [0.2, 0.25) is 5.78 Å². The number of carbonyl (C=O) groups is 1. The van der Waals surface area contributed by atoms with Crippen molar-refractivity contribution in [3.8, 4) is 0 Å². The number of fused-ring (bicyclic) bond motifs is 1. The van der Waals surface area contributed by atoms with Gasteiger partial charge in [-0.15, -0.1) is 11.3 Å². The number of ketones is 1. The monoisotopic (exact) mass is 608 g/mol. The van der Waals surface area contributed by atoms with Gasteiger partial charge in [0.15, 0.2) is 0 Å². The molecule has 0 radical (unpaired) electrons. The van der Waals surface area contributed by atoms with Crippen LogP contribution in [0.15, 0.2) is 36.8 Å². The zero-order chi connectivity index (χ0) is 28.6. The standard InChI is InChI=1S/C26H29ClN4O7S2/c1-28-40(35,36)38-21-9-16(8-20(21)33)31(2)26-19(11-29-13-30-26)24(34)22-10-18(23(12-32)39-22)25-17-7-15(27)4-3-14(17)5-6-37-25/h3-4,7,10-11,13,16,20-21,25,28,32-33H,5-6,8-9,12H2,1-2H3/t16-,20+,21-,25+/m1/s1. The van der Waals surface area contributed by atoms with E-state index in [1.807, 2.05) is 18.2 Å². The van der Waals surface area contributed by atoms with Crippen LogP contribution in [0.5, 0.6) is 0 Å². The van der Waals surface area contributed by atoms with Crippen molar-refractivity contribution in [3.63, 3.8) is 0 Å². The molecule has 0 amide bonds. The summed E-state index contributed by atoms with van der Waals surface area (Å²) in [7, 11) is -1.04. The van der Waals surface area contributed by atoms with Gasteiger partial charge in [-0.1, -0.05) is 17.7 Å². The highest BCUT2D eigenvalue weighted by molar-refractivity contribution is 7.84. The molecule has 2 aliphatic rings. The lowest BCUT2D eigenvalue weighted by Crippen LogP contribution is -2.33. The van der Waals surface area contributed by atoms with Crippen LogP contribution < -0.4 is 9.62 Å². The molecule has 40 heavy (non-hydrogen) atoms. The van der Waals surface area contributed by atoms with Gasteiger partial charge >= 0.3 is 10.3 Å². The third-order valence-electron chi connectivity index (χ3n) is 7.30. The highest BCUT2D eigenvalue weighted by atomic mass is 35.5. The summed E-state index contributed by atoms with van der Waals surface area (Å²) in [6.45, 7) is 0.232. The van der Waals surface area contributed by atoms with E-state index in [9.17, 15) is 23.4 Å². The van der Waals surface area contributed by atoms with E-state index < -0.39 is 28.6 Å². The molecule has 0 spiro atoms. The van der Waals surface area contributed by atoms with Crippen LogP contribution in [0.3, 0.4) is 0 Å². The van der Waals surface area contributed by atoms with E-state index in [0.717, 1.165) is 17.5 Å². The fourth-order valence-electron chi connectivity index (χ4n) is 5.22. The normalized spacial score (nSPS) is 22.7. The Labute approximate surface area is 241 Å². The molecule has 1 aliphatic heterocycles. The largest absolute Gasteiger partial charge is 0.391 e. The fraction of sp³-hybridized carbons (Fsp3) is 0.423. The van der Waals surface area contributed by atoms with E-state index in [4.69, 9.17) is 20.5 Å². The number of aromatic nitrogens is 2. The van der Waals surface area contributed by atoms with Crippen LogP contribution >= 0.6 is 22.9 Å². The first-order chi connectivity index (χ1) is 19.1. The summed E-state index contributed by atoms with van der Waals surface area (Å²) in [5, 5.41) is 21.2. The summed E-state index contributed by atoms with van der Waals surface area (Å²) in [5.41, 5.74) is 2.95. The van der Waals surface area contributed by atoms with Gasteiger partial charge in [0.25, 0.3) is 0 Å². The number of hydrogen-bond acceptors (Lipinski definition) is 11. The first-order valence-electron chi connectivity index (χ1n) is 12.6. The van der Waals surface area contributed by atoms with Gasteiger partial charge in [-0.25, -0.2) is 9.97 Å². The van der Waals surface area contributed by atoms with E-state index >= 15 is 0 Å². The summed E-state index contributed by atoms with van der Waals surface area (Å²) in [6, 6.07) is 7.05. The molecule has 4 atom stereocenters. The van der Waals surface area contributed by atoms with Crippen LogP contribution in [-0.4, -0.2) is 73.3 Å². The van der Waals surface area contributed by atoms with E-state index in [1.54, 1.807) is 18.0 Å². The number of aliphatic hydroxyl groups excluding tert-OH is 2. The zero-order valence-corrected chi connectivity index (χ0v) is 24.2. The minimum absolute atomic E-state index is 0.203. The maximum Gasteiger partial charge on any atom is 0.335 e. The van der Waals surface area contributed by atoms with Gasteiger partial charge < -0.3 is 19.8 Å². The van der Waals surface area contributed by atoms with Crippen LogP contribution in [0.25, 0.3) is 0 Å². The molecule has 0 unspecified atom stereocenters. The Hall–Kier alpha value is -2.49. The molecule has 1 aromatic carbocycles. The first-order valence-corrected chi connectivity index (χ1v) is 15.2. The summed E-state index contributed by atoms with van der Waals surface area (Å²) in [6.07, 6.45) is 1.49. The van der Waals surface area contributed by atoms with Crippen molar-refractivity contribution in [1.82, 2.24) is 14.7 Å². The number of halogens is 1. The van der Waals surface area contributed by atoms with Crippen molar-refractivity contribution in [1.29, 1.82) is 0 Å². The number of aliphatic hydroxyl groups is 2. The SMILES string of the molecule is CNS(=O)(=O)O[C@@H]1C[C@H](N(C)c2ncncc2C(=O)c2cc([C@H]3OCCc4ccc(Cl)cc43)c(CO)s2)C[C@@H]1O. The summed E-state index contributed by atoms with van der Waals surface area (Å²) < 4.78 is 36.9. The van der Waals surface area contributed by atoms with Gasteiger partial charge in [0.1, 0.15) is 24.4 Å². The molecule has 0 saturated heterocycles. The van der Waals surface area contributed by atoms with Crippen LogP contribution in [0.4, 0.5) is 5.82 Å². The van der Waals surface area contributed by atoms with Crippen molar-refractivity contribution in [2.24, 2.45) is 0 Å². The zero-order valence-electron chi connectivity index (χ0n) is 21.8. The van der Waals surface area contributed by atoms with Crippen LogP contribution in [-0.2, 0) is 32.3 Å². The van der Waals surface area contributed by atoms with Crippen molar-refractivity contribution < 1.29 is 32.3 Å². The van der Waals surface area contributed by atoms with E-state index in [2.05, 4.69) is 14.7 Å². The summed E-state index contributed by atoms with van der Waals surface area (Å²) >= 11 is 7.44. The average molecular weight is 609 g/mol. The minimum Gasteiger partial charge on any atom is -0.391 e. The van der Waals surface area contributed by atoms with E-state index in [-0.39, 0.29) is 36.8 Å². The second kappa shape index (κ2) is 11.8. The maximum atomic E-state index is 13.8. The molecular weight excluding hydrogens is 580 g/mol. The van der Waals surface area contributed by atoms with E-state index in [1.165, 1.54) is 30.9 Å². The molecule has 1 saturated carbocycles. The highest BCUT2D eigenvalue weighted by Crippen LogP contribution is 2.40. The molecule has 14 heteroatoms. The smallest absolute Gasteiger partial charge is 0.335 e. The molecule has 11 nitrogen and oxygen atoms in total. The topological polar surface area (TPSA) is 151 Å². The Morgan fingerprint density at radius 1 is 1.30 bits per heavy atom. The number of benzene rings is 1. The lowest BCUT2D eigenvalue weighted by atomic mass is 9.93. The van der Waals surface area contributed by atoms with Gasteiger partial charge in [0.05, 0.1) is 29.8 Å². The van der Waals surface area contributed by atoms with Crippen LogP contribution in [0.1, 0.15) is 55.7 Å². The molecule has 3 N–H and O–H groups in total. The summed E-state index contributed by atoms with van der Waals surface area (Å²) in [5.74, 6) is 0.000462. The second-order valence-electron chi connectivity index (χ2n) is 9.68. The van der Waals surface area contributed by atoms with Crippen molar-refractivity contribution in [2.45, 2.75) is 50.2 Å². The van der Waals surface area contributed by atoms with Crippen LogP contribution in [0, 0.1) is 0 Å². The third-order valence-corrected chi connectivity index (χ3v) is 9.67. The molecule has 3 aromatic rings. The average Bonchev–Trinajstić information content (AvgIpc) is 3.55. The Morgan fingerprint density at radius 3 is 2.85 bits per heavy atom. The number of thiophene rings is 1. The van der Waals surface area contributed by atoms with Gasteiger partial charge in [-0.2, -0.15) is 13.1 Å². The summed E-state index contributed by atoms with van der Waals surface area (Å²) in [4.78, 5) is 24.9. The molecule has 5 rings (SSSR count). The number of hydrogen-bond donors (Lipinski definition) is 3. The van der Waals surface area contributed by atoms with Gasteiger partial charge in [-0.05, 0) is 48.6 Å². The van der Waals surface area contributed by atoms with Crippen molar-refractivity contribution in [3.05, 3.63) is 73.8 Å². The fourth-order valence-corrected chi connectivity index (χ4v) is 7.04. The molecule has 214 valence electrons. The van der Waals surface area contributed by atoms with Gasteiger partial charge in [-0.3, -0.25) is 8.98 Å². The molecule has 3 heterocycles. The number of rotatable bonds is 9. The minimum atomic E-state index is -3.99. The second-order valence-corrected chi connectivity index (χ2v) is 12.8. The number of nitrogens with zero attached hydrogens (tertiary/aromatic N) is 3. The Morgan fingerprint density at radius 2 is 2.10 bits per heavy atom. The lowest BCUT2D eigenvalue weighted by Gasteiger charge is -2.27. The lowest BCUT2D eigenvalue weighted by molar-refractivity contribution is 0.0636. The third kappa shape index (κ3) is 5.78. The molecule has 2 aromatic heterocycles. The van der Waals surface area contributed by atoms with Crippen molar-refractivity contribution in [2.75, 3.05) is 25.6 Å². The first kappa shape index (κ1) is 29.0.